The van der Waals surface area contributed by atoms with Crippen LogP contribution in [0, 0.1) is 0 Å². The van der Waals surface area contributed by atoms with Gasteiger partial charge in [0.25, 0.3) is 0 Å². The smallest absolute Gasteiger partial charge is 0.278 e. The highest BCUT2D eigenvalue weighted by Gasteiger charge is 2.29. The first-order chi connectivity index (χ1) is 6.14. The molecule has 0 amide bonds. The maximum atomic E-state index is 11.8. The molecule has 0 N–H and O–H groups in total. The van der Waals surface area contributed by atoms with E-state index in [2.05, 4.69) is 9.05 Å². The highest BCUT2D eigenvalue weighted by Crippen LogP contribution is 2.53. The van der Waals surface area contributed by atoms with E-state index in [9.17, 15) is 25.9 Å². The van der Waals surface area contributed by atoms with Crippen molar-refractivity contribution in [3.05, 3.63) is 0 Å². The lowest BCUT2D eigenvalue weighted by Gasteiger charge is -2.13. The summed E-state index contributed by atoms with van der Waals surface area (Å²) in [5.74, 6) is 0. The summed E-state index contributed by atoms with van der Waals surface area (Å²) < 4.78 is 73.6. The van der Waals surface area contributed by atoms with Crippen molar-refractivity contribution in [1.29, 1.82) is 0 Å². The van der Waals surface area contributed by atoms with Crippen LogP contribution in [0.15, 0.2) is 0 Å². The van der Waals surface area contributed by atoms with Gasteiger partial charge in [-0.25, -0.2) is 9.13 Å². The predicted molar refractivity (Wildman–Crippen MR) is 40.8 cm³/mol. The van der Waals surface area contributed by atoms with Gasteiger partial charge in [-0.1, -0.05) is 6.92 Å². The van der Waals surface area contributed by atoms with E-state index >= 15 is 0 Å². The van der Waals surface area contributed by atoms with Crippen LogP contribution in [0.4, 0.5) is 16.8 Å². The Kier molecular flexibility index (Phi) is 5.30. The lowest BCUT2D eigenvalue weighted by Crippen LogP contribution is -2.14. The van der Waals surface area contributed by atoms with E-state index in [0.717, 1.165) is 0 Å². The van der Waals surface area contributed by atoms with Crippen molar-refractivity contribution in [3.63, 3.8) is 0 Å². The minimum Gasteiger partial charge on any atom is -0.278 e. The van der Waals surface area contributed by atoms with Crippen LogP contribution < -0.4 is 0 Å². The first kappa shape index (κ1) is 14.1. The summed E-state index contributed by atoms with van der Waals surface area (Å²) in [6.45, 7) is 0.351. The van der Waals surface area contributed by atoms with Crippen LogP contribution in [0.2, 0.25) is 0 Å². The second-order valence-electron chi connectivity index (χ2n) is 2.26. The van der Waals surface area contributed by atoms with Gasteiger partial charge in [0.05, 0.1) is 12.7 Å². The van der Waals surface area contributed by atoms with Crippen molar-refractivity contribution in [1.82, 2.24) is 0 Å². The van der Waals surface area contributed by atoms with Crippen molar-refractivity contribution in [2.75, 3.05) is 6.61 Å². The Morgan fingerprint density at radius 2 is 1.64 bits per heavy atom. The largest absolute Gasteiger partial charge is 0.552 e. The van der Waals surface area contributed by atoms with Crippen molar-refractivity contribution < 1.29 is 35.0 Å². The normalized spacial score (nSPS) is 15.5. The molecular formula is C4H8F4O4P2. The van der Waals surface area contributed by atoms with Crippen molar-refractivity contribution >= 4 is 16.0 Å². The zero-order valence-electron chi connectivity index (χ0n) is 7.03. The van der Waals surface area contributed by atoms with Gasteiger partial charge in [0.1, 0.15) is 0 Å². The highest BCUT2D eigenvalue weighted by atomic mass is 31.2. The molecule has 0 aliphatic rings. The Hall–Kier alpha value is 0.100. The molecule has 1 unspecified atom stereocenters. The first-order valence-electron chi connectivity index (χ1n) is 3.45. The third-order valence-corrected chi connectivity index (χ3v) is 2.13. The summed E-state index contributed by atoms with van der Waals surface area (Å²) in [6, 6.07) is 0. The summed E-state index contributed by atoms with van der Waals surface area (Å²) in [5, 5.41) is 0. The van der Waals surface area contributed by atoms with Crippen LogP contribution in [0.1, 0.15) is 13.3 Å². The molecule has 14 heavy (non-hydrogen) atoms. The summed E-state index contributed by atoms with van der Waals surface area (Å²) in [6.07, 6.45) is -1.58. The molecule has 0 aromatic heterocycles. The Morgan fingerprint density at radius 3 is 1.93 bits per heavy atom. The molecule has 86 valence electrons. The zero-order chi connectivity index (χ0) is 11.4. The third kappa shape index (κ3) is 8.69. The molecule has 0 aromatic carbocycles. The predicted octanol–water partition coefficient (Wildman–Crippen LogP) is 3.89. The van der Waals surface area contributed by atoms with Crippen LogP contribution in [0.25, 0.3) is 0 Å². The molecule has 0 bridgehead atoms. The quantitative estimate of drug-likeness (QED) is 0.535. The molecule has 0 aliphatic heterocycles. The van der Waals surface area contributed by atoms with E-state index in [-0.39, 0.29) is 6.42 Å². The van der Waals surface area contributed by atoms with Gasteiger partial charge in [0.2, 0.25) is 0 Å². The number of hydrogen-bond donors (Lipinski definition) is 0. The van der Waals surface area contributed by atoms with Crippen molar-refractivity contribution in [3.8, 4) is 0 Å². The number of halogens is 4. The number of hydrogen-bond acceptors (Lipinski definition) is 4. The SMILES string of the molecule is CCC(COP(=O)(F)F)OP(=O)(F)F. The van der Waals surface area contributed by atoms with Crippen molar-refractivity contribution in [2.24, 2.45) is 0 Å². The molecule has 0 aromatic rings. The molecular weight excluding hydrogens is 250 g/mol. The molecule has 0 saturated carbocycles. The molecule has 10 heteroatoms. The van der Waals surface area contributed by atoms with Crippen LogP contribution in [0.5, 0.6) is 0 Å². The van der Waals surface area contributed by atoms with E-state index in [0.29, 0.717) is 0 Å². The van der Waals surface area contributed by atoms with Crippen LogP contribution in [-0.4, -0.2) is 12.7 Å². The molecule has 1 atom stereocenters. The summed E-state index contributed by atoms with van der Waals surface area (Å²) in [5.41, 5.74) is 0. The van der Waals surface area contributed by atoms with Crippen molar-refractivity contribution in [2.45, 2.75) is 19.4 Å². The van der Waals surface area contributed by atoms with E-state index < -0.39 is 28.7 Å². The maximum absolute atomic E-state index is 11.8. The average molecular weight is 258 g/mol. The molecule has 0 heterocycles. The van der Waals surface area contributed by atoms with E-state index in [1.807, 2.05) is 0 Å². The molecule has 0 radical (unpaired) electrons. The summed E-state index contributed by atoms with van der Waals surface area (Å²) >= 11 is 0. The Labute approximate surface area is 78.0 Å². The van der Waals surface area contributed by atoms with Gasteiger partial charge in [-0.05, 0) is 6.42 Å². The van der Waals surface area contributed by atoms with E-state index in [1.165, 1.54) is 6.92 Å². The van der Waals surface area contributed by atoms with Crippen LogP contribution in [0.3, 0.4) is 0 Å². The molecule has 4 nitrogen and oxygen atoms in total. The van der Waals surface area contributed by atoms with Gasteiger partial charge in [-0.3, -0.25) is 9.05 Å². The van der Waals surface area contributed by atoms with E-state index in [4.69, 9.17) is 0 Å². The topological polar surface area (TPSA) is 52.6 Å². The zero-order valence-corrected chi connectivity index (χ0v) is 8.82. The third-order valence-electron chi connectivity index (χ3n) is 1.14. The summed E-state index contributed by atoms with van der Waals surface area (Å²) in [4.78, 5) is 0. The standard InChI is InChI=1S/C4H8F4O4P2/c1-2-4(12-14(7,8)10)3-11-13(5,6)9/h4H,2-3H2,1H3. The molecule has 0 fully saturated rings. The first-order valence-corrected chi connectivity index (χ1v) is 6.27. The van der Waals surface area contributed by atoms with Crippen LogP contribution in [-0.2, 0) is 18.2 Å². The fourth-order valence-electron chi connectivity index (χ4n) is 0.566. The molecule has 0 saturated heterocycles. The number of rotatable bonds is 6. The van der Waals surface area contributed by atoms with Gasteiger partial charge >= 0.3 is 16.0 Å². The van der Waals surface area contributed by atoms with E-state index in [1.54, 1.807) is 0 Å². The minimum atomic E-state index is -5.73. The summed E-state index contributed by atoms with van der Waals surface area (Å²) in [7, 11) is -11.4. The maximum Gasteiger partial charge on any atom is 0.552 e. The van der Waals surface area contributed by atoms with Gasteiger partial charge in [-0.2, -0.15) is 0 Å². The second-order valence-corrected chi connectivity index (χ2v) is 4.39. The average Bonchev–Trinajstić information content (AvgIpc) is 1.94. The highest BCUT2D eigenvalue weighted by molar-refractivity contribution is 7.47. The monoisotopic (exact) mass is 258 g/mol. The Bertz CT molecular complexity index is 260. The molecule has 0 spiro atoms. The Morgan fingerprint density at radius 1 is 1.14 bits per heavy atom. The minimum absolute atomic E-state index is 0.113. The fourth-order valence-corrected chi connectivity index (χ4v) is 1.46. The van der Waals surface area contributed by atoms with Gasteiger partial charge in [0, 0.05) is 0 Å². The lowest BCUT2D eigenvalue weighted by molar-refractivity contribution is 0.0991. The molecule has 0 rings (SSSR count). The van der Waals surface area contributed by atoms with Gasteiger partial charge < -0.3 is 0 Å². The molecule has 0 aliphatic carbocycles. The Balaban J connectivity index is 4.06. The lowest BCUT2D eigenvalue weighted by atomic mass is 10.3. The fraction of sp³-hybridized carbons (Fsp3) is 1.00. The second kappa shape index (κ2) is 5.26. The van der Waals surface area contributed by atoms with Gasteiger partial charge in [-0.15, -0.1) is 16.8 Å². The van der Waals surface area contributed by atoms with Crippen LogP contribution >= 0.6 is 16.0 Å². The van der Waals surface area contributed by atoms with Gasteiger partial charge in [0.15, 0.2) is 0 Å².